The summed E-state index contributed by atoms with van der Waals surface area (Å²) in [6.45, 7) is 5.66. The maximum absolute atomic E-state index is 12.2. The van der Waals surface area contributed by atoms with Crippen molar-refractivity contribution < 1.29 is 9.59 Å². The number of nitrogens with one attached hydrogen (secondary N) is 2. The fourth-order valence-electron chi connectivity index (χ4n) is 2.45. The lowest BCUT2D eigenvalue weighted by atomic mass is 10.0. The molecule has 0 aliphatic carbocycles. The first-order valence-corrected chi connectivity index (χ1v) is 8.07. The highest BCUT2D eigenvalue weighted by Crippen LogP contribution is 2.18. The van der Waals surface area contributed by atoms with Crippen LogP contribution in [-0.4, -0.2) is 23.9 Å². The summed E-state index contributed by atoms with van der Waals surface area (Å²) in [6, 6.07) is 13.5. The van der Waals surface area contributed by atoms with Crippen LogP contribution >= 0.6 is 0 Å². The normalized spacial score (nSPS) is 13.3. The second-order valence-corrected chi connectivity index (χ2v) is 5.92. The van der Waals surface area contributed by atoms with E-state index in [9.17, 15) is 9.59 Å². The van der Waals surface area contributed by atoms with Gasteiger partial charge < -0.3 is 10.6 Å². The number of benzene rings is 2. The average Bonchev–Trinajstić information content (AvgIpc) is 2.54. The number of hydrogen-bond donors (Lipinski definition) is 2. The Morgan fingerprint density at radius 2 is 1.70 bits per heavy atom. The Labute approximate surface area is 137 Å². The maximum Gasteiger partial charge on any atom is 0.242 e. The summed E-state index contributed by atoms with van der Waals surface area (Å²) in [7, 11) is 0. The van der Waals surface area contributed by atoms with E-state index in [0.717, 1.165) is 22.8 Å². The van der Waals surface area contributed by atoms with E-state index >= 15 is 0 Å². The van der Waals surface area contributed by atoms with Gasteiger partial charge in [-0.05, 0) is 36.6 Å². The van der Waals surface area contributed by atoms with Gasteiger partial charge in [-0.25, -0.2) is 0 Å². The summed E-state index contributed by atoms with van der Waals surface area (Å²) in [5.41, 5.74) is 0.968. The number of carbonyl (C=O) groups excluding carboxylic acids is 2. The number of carbonyl (C=O) groups is 2. The predicted molar refractivity (Wildman–Crippen MR) is 93.2 cm³/mol. The van der Waals surface area contributed by atoms with Crippen LogP contribution in [0.2, 0.25) is 0 Å². The molecule has 2 amide bonds. The minimum atomic E-state index is -0.536. The number of hydrogen-bond acceptors (Lipinski definition) is 2. The van der Waals surface area contributed by atoms with Crippen molar-refractivity contribution in [3.63, 3.8) is 0 Å². The zero-order valence-corrected chi connectivity index (χ0v) is 13.9. The summed E-state index contributed by atoms with van der Waals surface area (Å²) < 4.78 is 0. The number of fused-ring (bicyclic) bond motifs is 1. The van der Waals surface area contributed by atoms with Crippen LogP contribution in [0.4, 0.5) is 0 Å². The molecule has 2 N–H and O–H groups in total. The van der Waals surface area contributed by atoms with Gasteiger partial charge in [0.1, 0.15) is 6.04 Å². The fourth-order valence-corrected chi connectivity index (χ4v) is 2.45. The van der Waals surface area contributed by atoms with Crippen molar-refractivity contribution in [3.05, 3.63) is 48.0 Å². The van der Waals surface area contributed by atoms with E-state index in [1.54, 1.807) is 6.92 Å². The van der Waals surface area contributed by atoms with Crippen LogP contribution in [0.5, 0.6) is 0 Å². The van der Waals surface area contributed by atoms with Crippen LogP contribution in [0.25, 0.3) is 10.8 Å². The van der Waals surface area contributed by atoms with Crippen molar-refractivity contribution >= 4 is 22.6 Å². The lowest BCUT2D eigenvalue weighted by Gasteiger charge is -2.17. The van der Waals surface area contributed by atoms with Gasteiger partial charge in [0.05, 0.1) is 6.42 Å². The third-order valence-electron chi connectivity index (χ3n) is 4.00. The Morgan fingerprint density at radius 1 is 1.00 bits per heavy atom. The molecule has 4 nitrogen and oxygen atoms in total. The highest BCUT2D eigenvalue weighted by atomic mass is 16.2. The molecule has 0 aromatic heterocycles. The predicted octanol–water partition coefficient (Wildman–Crippen LogP) is 2.80. The molecule has 0 aliphatic rings. The maximum atomic E-state index is 12.2. The second-order valence-electron chi connectivity index (χ2n) is 5.92. The van der Waals surface area contributed by atoms with Crippen LogP contribution in [0, 0.1) is 0 Å². The van der Waals surface area contributed by atoms with Crippen LogP contribution in [0.3, 0.4) is 0 Å². The van der Waals surface area contributed by atoms with Crippen LogP contribution < -0.4 is 10.6 Å². The van der Waals surface area contributed by atoms with Crippen LogP contribution in [0.15, 0.2) is 42.5 Å². The molecule has 122 valence electrons. The molecule has 2 aromatic carbocycles. The van der Waals surface area contributed by atoms with E-state index in [1.807, 2.05) is 56.3 Å². The minimum absolute atomic E-state index is 0.111. The summed E-state index contributed by atoms with van der Waals surface area (Å²) in [5, 5.41) is 7.83. The van der Waals surface area contributed by atoms with Gasteiger partial charge in [-0.2, -0.15) is 0 Å². The molecule has 0 saturated heterocycles. The molecule has 0 spiro atoms. The van der Waals surface area contributed by atoms with E-state index in [0.29, 0.717) is 0 Å². The van der Waals surface area contributed by atoms with Crippen molar-refractivity contribution in [3.8, 4) is 0 Å². The third-order valence-corrected chi connectivity index (χ3v) is 4.00. The Bertz CT molecular complexity index is 691. The zero-order chi connectivity index (χ0) is 16.8. The van der Waals surface area contributed by atoms with Gasteiger partial charge in [-0.15, -0.1) is 0 Å². The molecular formula is C19H24N2O2. The van der Waals surface area contributed by atoms with Crippen LogP contribution in [0.1, 0.15) is 32.8 Å². The molecule has 0 bridgehead atoms. The molecule has 0 radical (unpaired) electrons. The van der Waals surface area contributed by atoms with E-state index < -0.39 is 6.04 Å². The van der Waals surface area contributed by atoms with Gasteiger partial charge in [-0.3, -0.25) is 9.59 Å². The second kappa shape index (κ2) is 7.77. The van der Waals surface area contributed by atoms with Gasteiger partial charge in [0.15, 0.2) is 0 Å². The van der Waals surface area contributed by atoms with E-state index in [1.165, 1.54) is 0 Å². The lowest BCUT2D eigenvalue weighted by molar-refractivity contribution is -0.128. The standard InChI is InChI=1S/C19H24N2O2/c1-4-13(2)20-19(23)14(3)21-18(22)12-16-10-7-9-15-8-5-6-11-17(15)16/h5-11,13-14H,4,12H2,1-3H3,(H,20,23)(H,21,22). The fraction of sp³-hybridized carbons (Fsp3) is 0.368. The van der Waals surface area contributed by atoms with E-state index in [4.69, 9.17) is 0 Å². The summed E-state index contributed by atoms with van der Waals surface area (Å²) in [6.07, 6.45) is 1.13. The topological polar surface area (TPSA) is 58.2 Å². The van der Waals surface area contributed by atoms with Gasteiger partial charge in [0, 0.05) is 6.04 Å². The summed E-state index contributed by atoms with van der Waals surface area (Å²) in [4.78, 5) is 24.2. The number of amides is 2. The molecule has 2 atom stereocenters. The van der Waals surface area contributed by atoms with Gasteiger partial charge in [-0.1, -0.05) is 49.4 Å². The quantitative estimate of drug-likeness (QED) is 0.861. The Balaban J connectivity index is 2.00. The van der Waals surface area contributed by atoms with Gasteiger partial charge in [0.2, 0.25) is 11.8 Å². The number of rotatable bonds is 6. The van der Waals surface area contributed by atoms with Crippen molar-refractivity contribution in [1.82, 2.24) is 10.6 Å². The average molecular weight is 312 g/mol. The minimum Gasteiger partial charge on any atom is -0.352 e. The van der Waals surface area contributed by atoms with Crippen molar-refractivity contribution in [2.75, 3.05) is 0 Å². The molecule has 2 unspecified atom stereocenters. The van der Waals surface area contributed by atoms with E-state index in [-0.39, 0.29) is 24.3 Å². The monoisotopic (exact) mass is 312 g/mol. The molecule has 0 fully saturated rings. The van der Waals surface area contributed by atoms with Gasteiger partial charge >= 0.3 is 0 Å². The molecule has 0 heterocycles. The first kappa shape index (κ1) is 17.0. The zero-order valence-electron chi connectivity index (χ0n) is 13.9. The van der Waals surface area contributed by atoms with Crippen LogP contribution in [-0.2, 0) is 16.0 Å². The first-order valence-electron chi connectivity index (χ1n) is 8.07. The largest absolute Gasteiger partial charge is 0.352 e. The lowest BCUT2D eigenvalue weighted by Crippen LogP contribution is -2.47. The van der Waals surface area contributed by atoms with Crippen molar-refractivity contribution in [2.45, 2.75) is 45.7 Å². The van der Waals surface area contributed by atoms with Gasteiger partial charge in [0.25, 0.3) is 0 Å². The SMILES string of the molecule is CCC(C)NC(=O)C(C)NC(=O)Cc1cccc2ccccc12. The van der Waals surface area contributed by atoms with E-state index in [2.05, 4.69) is 10.6 Å². The summed E-state index contributed by atoms with van der Waals surface area (Å²) >= 11 is 0. The Morgan fingerprint density at radius 3 is 2.43 bits per heavy atom. The highest BCUT2D eigenvalue weighted by Gasteiger charge is 2.17. The molecule has 2 rings (SSSR count). The molecule has 2 aromatic rings. The first-order chi connectivity index (χ1) is 11.0. The summed E-state index contributed by atoms with van der Waals surface area (Å²) in [5.74, 6) is -0.293. The molecule has 4 heteroatoms. The van der Waals surface area contributed by atoms with Crippen molar-refractivity contribution in [1.29, 1.82) is 0 Å². The van der Waals surface area contributed by atoms with Crippen molar-refractivity contribution in [2.24, 2.45) is 0 Å². The molecular weight excluding hydrogens is 288 g/mol. The molecule has 0 saturated carbocycles. The Hall–Kier alpha value is -2.36. The third kappa shape index (κ3) is 4.55. The smallest absolute Gasteiger partial charge is 0.242 e. The Kier molecular flexibility index (Phi) is 5.74. The molecule has 23 heavy (non-hydrogen) atoms. The molecule has 0 aliphatic heterocycles. The highest BCUT2D eigenvalue weighted by molar-refractivity contribution is 5.92.